The van der Waals surface area contributed by atoms with Gasteiger partial charge in [0, 0.05) is 4.90 Å². The quantitative estimate of drug-likeness (QED) is 0.691. The van der Waals surface area contributed by atoms with Gasteiger partial charge in [-0.05, 0) is 49.7 Å². The zero-order valence-electron chi connectivity index (χ0n) is 14.5. The van der Waals surface area contributed by atoms with E-state index in [1.807, 2.05) is 32.0 Å². The first-order chi connectivity index (χ1) is 12.3. The number of benzene rings is 2. The molecule has 1 unspecified atom stereocenters. The number of amides is 1. The van der Waals surface area contributed by atoms with Gasteiger partial charge in [-0.15, -0.1) is 11.8 Å². The lowest BCUT2D eigenvalue weighted by atomic mass is 10.2. The normalized spacial score (nSPS) is 11.7. The van der Waals surface area contributed by atoms with Gasteiger partial charge in [0.25, 0.3) is 0 Å². The molecule has 0 heterocycles. The molecule has 5 nitrogen and oxygen atoms in total. The molecule has 138 valence electrons. The molecule has 1 amide bonds. The van der Waals surface area contributed by atoms with Crippen LogP contribution in [-0.2, 0) is 9.59 Å². The Balaban J connectivity index is 1.84. The number of carbonyl (C=O) groups is 2. The van der Waals surface area contributed by atoms with Crippen LogP contribution >= 0.6 is 11.8 Å². The number of halogens is 1. The average molecular weight is 377 g/mol. The molecule has 0 fully saturated rings. The molecule has 0 spiro atoms. The minimum absolute atomic E-state index is 0.173. The molecule has 0 saturated heterocycles. The molecular weight excluding hydrogens is 357 g/mol. The molecule has 0 radical (unpaired) electrons. The minimum Gasteiger partial charge on any atom is -0.478 e. The number of carboxylic acid groups (broad SMARTS) is 1. The molecule has 26 heavy (non-hydrogen) atoms. The fraction of sp³-hybridized carbons (Fsp3) is 0.263. The fourth-order valence-electron chi connectivity index (χ4n) is 2.22. The van der Waals surface area contributed by atoms with E-state index < -0.39 is 17.9 Å². The van der Waals surface area contributed by atoms with Crippen LogP contribution in [0.3, 0.4) is 0 Å². The molecule has 2 rings (SSSR count). The van der Waals surface area contributed by atoms with Gasteiger partial charge in [-0.25, -0.2) is 9.18 Å². The molecule has 2 N–H and O–H groups in total. The number of nitrogens with one attached hydrogen (secondary N) is 1. The molecular formula is C19H20FNO4S. The number of hydrogen-bond acceptors (Lipinski definition) is 4. The number of ether oxygens (including phenoxy) is 1. The highest BCUT2D eigenvalue weighted by Gasteiger charge is 2.20. The molecule has 1 atom stereocenters. The van der Waals surface area contributed by atoms with Crippen molar-refractivity contribution in [2.75, 3.05) is 12.3 Å². The first-order valence-electron chi connectivity index (χ1n) is 7.97. The summed E-state index contributed by atoms with van der Waals surface area (Å²) in [6, 6.07) is 11.0. The summed E-state index contributed by atoms with van der Waals surface area (Å²) in [5.74, 6) is -1.55. The summed E-state index contributed by atoms with van der Waals surface area (Å²) in [4.78, 5) is 24.3. The van der Waals surface area contributed by atoms with Crippen LogP contribution in [0.4, 0.5) is 4.39 Å². The first kappa shape index (κ1) is 19.8. The van der Waals surface area contributed by atoms with Crippen LogP contribution in [0.25, 0.3) is 0 Å². The molecule has 2 aromatic rings. The second-order valence-corrected chi connectivity index (χ2v) is 6.78. The van der Waals surface area contributed by atoms with Crippen molar-refractivity contribution >= 4 is 23.6 Å². The maximum absolute atomic E-state index is 12.9. The third kappa shape index (κ3) is 6.07. The van der Waals surface area contributed by atoms with Crippen LogP contribution in [0, 0.1) is 19.7 Å². The van der Waals surface area contributed by atoms with Gasteiger partial charge in [-0.2, -0.15) is 0 Å². The number of thioether (sulfide) groups is 1. The summed E-state index contributed by atoms with van der Waals surface area (Å²) in [5.41, 5.74) is 2.24. The van der Waals surface area contributed by atoms with Gasteiger partial charge >= 0.3 is 5.97 Å². The second-order valence-electron chi connectivity index (χ2n) is 5.76. The largest absolute Gasteiger partial charge is 0.478 e. The summed E-state index contributed by atoms with van der Waals surface area (Å²) in [6.45, 7) is 3.80. The second kappa shape index (κ2) is 9.24. The predicted molar refractivity (Wildman–Crippen MR) is 98.1 cm³/mol. The molecule has 0 aromatic heterocycles. The number of aryl methyl sites for hydroxylation is 2. The zero-order chi connectivity index (χ0) is 19.1. The molecule has 2 aromatic carbocycles. The van der Waals surface area contributed by atoms with Gasteiger partial charge in [0.1, 0.15) is 11.6 Å². The van der Waals surface area contributed by atoms with Gasteiger partial charge in [0.15, 0.2) is 0 Å². The van der Waals surface area contributed by atoms with Crippen molar-refractivity contribution in [3.05, 3.63) is 59.4 Å². The van der Waals surface area contributed by atoms with E-state index in [0.717, 1.165) is 16.0 Å². The fourth-order valence-corrected chi connectivity index (χ4v) is 3.06. The van der Waals surface area contributed by atoms with Crippen LogP contribution in [0.2, 0.25) is 0 Å². The summed E-state index contributed by atoms with van der Waals surface area (Å²) in [6.07, 6.45) is -1.25. The Morgan fingerprint density at radius 3 is 2.50 bits per heavy atom. The number of rotatable bonds is 8. The van der Waals surface area contributed by atoms with Gasteiger partial charge in [0.05, 0.1) is 12.3 Å². The Labute approximate surface area is 155 Å². The smallest absolute Gasteiger partial charge is 0.346 e. The van der Waals surface area contributed by atoms with Crippen LogP contribution in [0.15, 0.2) is 47.4 Å². The summed E-state index contributed by atoms with van der Waals surface area (Å²) >= 11 is 1.39. The Kier molecular flexibility index (Phi) is 7.03. The van der Waals surface area contributed by atoms with Crippen molar-refractivity contribution < 1.29 is 23.8 Å². The van der Waals surface area contributed by atoms with E-state index >= 15 is 0 Å². The third-order valence-corrected chi connectivity index (χ3v) is 4.72. The lowest BCUT2D eigenvalue weighted by Crippen LogP contribution is -2.41. The maximum atomic E-state index is 12.9. The van der Waals surface area contributed by atoms with Crippen molar-refractivity contribution in [3.8, 4) is 5.75 Å². The van der Waals surface area contributed by atoms with E-state index in [1.165, 1.54) is 36.0 Å². The first-order valence-corrected chi connectivity index (χ1v) is 8.95. The van der Waals surface area contributed by atoms with Crippen molar-refractivity contribution in [2.24, 2.45) is 0 Å². The summed E-state index contributed by atoms with van der Waals surface area (Å²) in [7, 11) is 0. The highest BCUT2D eigenvalue weighted by atomic mass is 32.2. The van der Waals surface area contributed by atoms with Crippen molar-refractivity contribution in [1.29, 1.82) is 0 Å². The zero-order valence-corrected chi connectivity index (χ0v) is 15.3. The molecule has 0 bridgehead atoms. The van der Waals surface area contributed by atoms with E-state index in [4.69, 9.17) is 4.74 Å². The number of carboxylic acids is 1. The number of carbonyl (C=O) groups excluding carboxylic acids is 1. The van der Waals surface area contributed by atoms with E-state index in [1.54, 1.807) is 0 Å². The highest BCUT2D eigenvalue weighted by Crippen LogP contribution is 2.22. The van der Waals surface area contributed by atoms with Crippen molar-refractivity contribution in [1.82, 2.24) is 5.32 Å². The van der Waals surface area contributed by atoms with Gasteiger partial charge in [-0.1, -0.05) is 17.7 Å². The molecule has 0 aliphatic rings. The van der Waals surface area contributed by atoms with E-state index in [0.29, 0.717) is 0 Å². The number of aliphatic carboxylic acids is 1. The molecule has 0 saturated carbocycles. The highest BCUT2D eigenvalue weighted by molar-refractivity contribution is 8.00. The Morgan fingerprint density at radius 2 is 1.88 bits per heavy atom. The van der Waals surface area contributed by atoms with E-state index in [-0.39, 0.29) is 24.0 Å². The van der Waals surface area contributed by atoms with Crippen LogP contribution in [0.1, 0.15) is 11.1 Å². The third-order valence-electron chi connectivity index (χ3n) is 3.54. The lowest BCUT2D eigenvalue weighted by molar-refractivity contribution is -0.145. The Bertz CT molecular complexity index is 780. The molecule has 0 aliphatic heterocycles. The van der Waals surface area contributed by atoms with Crippen molar-refractivity contribution in [2.45, 2.75) is 24.8 Å². The Hall–Kier alpha value is -2.54. The van der Waals surface area contributed by atoms with E-state index in [9.17, 15) is 19.1 Å². The standard InChI is InChI=1S/C19H20FNO4S/c1-12-3-8-17(13(2)9-12)26-11-18(22)21-10-16(19(23)24)25-15-6-4-14(20)5-7-15/h3-9,16H,10-11H2,1-2H3,(H,21,22)(H,23,24). The van der Waals surface area contributed by atoms with E-state index in [2.05, 4.69) is 5.32 Å². The average Bonchev–Trinajstić information content (AvgIpc) is 2.59. The Morgan fingerprint density at radius 1 is 1.19 bits per heavy atom. The minimum atomic E-state index is -1.25. The lowest BCUT2D eigenvalue weighted by Gasteiger charge is -2.16. The van der Waals surface area contributed by atoms with Gasteiger partial charge < -0.3 is 15.2 Å². The topological polar surface area (TPSA) is 75.6 Å². The summed E-state index contributed by atoms with van der Waals surface area (Å²) < 4.78 is 18.2. The summed E-state index contributed by atoms with van der Waals surface area (Å²) in [5, 5.41) is 11.8. The van der Waals surface area contributed by atoms with Crippen LogP contribution in [0.5, 0.6) is 5.75 Å². The molecule has 0 aliphatic carbocycles. The number of hydrogen-bond donors (Lipinski definition) is 2. The monoisotopic (exact) mass is 377 g/mol. The maximum Gasteiger partial charge on any atom is 0.346 e. The van der Waals surface area contributed by atoms with Crippen LogP contribution in [-0.4, -0.2) is 35.4 Å². The SMILES string of the molecule is Cc1ccc(SCC(=O)NCC(Oc2ccc(F)cc2)C(=O)O)c(C)c1. The van der Waals surface area contributed by atoms with Crippen LogP contribution < -0.4 is 10.1 Å². The van der Waals surface area contributed by atoms with Gasteiger partial charge in [-0.3, -0.25) is 4.79 Å². The predicted octanol–water partition coefficient (Wildman–Crippen LogP) is 3.18. The van der Waals surface area contributed by atoms with Crippen molar-refractivity contribution in [3.63, 3.8) is 0 Å². The van der Waals surface area contributed by atoms with Gasteiger partial charge in [0.2, 0.25) is 12.0 Å². The molecule has 7 heteroatoms.